The number of nitrogens with zero attached hydrogens (tertiary/aromatic N) is 1. The predicted molar refractivity (Wildman–Crippen MR) is 98.6 cm³/mol. The van der Waals surface area contributed by atoms with Crippen LogP contribution in [0.2, 0.25) is 0 Å². The van der Waals surface area contributed by atoms with E-state index in [2.05, 4.69) is 15.7 Å². The molecule has 3 aromatic rings. The Morgan fingerprint density at radius 3 is 2.38 bits per heavy atom. The zero-order valence-corrected chi connectivity index (χ0v) is 14.5. The maximum absolute atomic E-state index is 12.6. The molecule has 5 heteroatoms. The molecular weight excluding hydrogens is 320 g/mol. The van der Waals surface area contributed by atoms with Gasteiger partial charge in [0, 0.05) is 12.2 Å². The molecule has 0 saturated heterocycles. The van der Waals surface area contributed by atoms with Crippen LogP contribution in [0.5, 0.6) is 0 Å². The van der Waals surface area contributed by atoms with Crippen molar-refractivity contribution in [3.05, 3.63) is 72.3 Å². The first-order chi connectivity index (χ1) is 11.5. The topological polar surface area (TPSA) is 49.4 Å². The van der Waals surface area contributed by atoms with Crippen LogP contribution in [-0.4, -0.2) is 27.4 Å². The largest absolute Gasteiger partial charge is 0.305 e. The summed E-state index contributed by atoms with van der Waals surface area (Å²) in [4.78, 5) is 2.36. The summed E-state index contributed by atoms with van der Waals surface area (Å²) in [6, 6.07) is 20.1. The lowest BCUT2D eigenvalue weighted by atomic mass is 10.0. The molecule has 0 spiro atoms. The van der Waals surface area contributed by atoms with Crippen molar-refractivity contribution in [2.24, 2.45) is 0 Å². The molecule has 0 amide bonds. The summed E-state index contributed by atoms with van der Waals surface area (Å²) in [6.45, 7) is 0.811. The number of fused-ring (bicyclic) bond motifs is 1. The monoisotopic (exact) mass is 340 g/mol. The minimum Gasteiger partial charge on any atom is -0.305 e. The van der Waals surface area contributed by atoms with Crippen molar-refractivity contribution in [3.8, 4) is 0 Å². The van der Waals surface area contributed by atoms with Gasteiger partial charge in [-0.15, -0.1) is 0 Å². The molecule has 0 bridgehead atoms. The van der Waals surface area contributed by atoms with Crippen molar-refractivity contribution in [3.63, 3.8) is 0 Å². The SMILES string of the molecule is CN(C)Cc1cccc2cc(S(=O)(=O)Nc3ccccc3)ccc12. The van der Waals surface area contributed by atoms with E-state index < -0.39 is 10.0 Å². The number of rotatable bonds is 5. The Morgan fingerprint density at radius 2 is 1.67 bits per heavy atom. The zero-order chi connectivity index (χ0) is 17.2. The van der Waals surface area contributed by atoms with Gasteiger partial charge in [0.1, 0.15) is 0 Å². The highest BCUT2D eigenvalue weighted by molar-refractivity contribution is 7.92. The van der Waals surface area contributed by atoms with Gasteiger partial charge in [-0.05, 0) is 54.7 Å². The molecule has 0 heterocycles. The van der Waals surface area contributed by atoms with Crippen molar-refractivity contribution >= 4 is 26.5 Å². The van der Waals surface area contributed by atoms with E-state index in [0.29, 0.717) is 5.69 Å². The summed E-state index contributed by atoms with van der Waals surface area (Å²) in [5.41, 5.74) is 1.73. The fourth-order valence-corrected chi connectivity index (χ4v) is 3.79. The number of hydrogen-bond acceptors (Lipinski definition) is 3. The Labute approximate surface area is 142 Å². The second-order valence-electron chi connectivity index (χ2n) is 6.01. The van der Waals surface area contributed by atoms with Crippen LogP contribution in [0.15, 0.2) is 71.6 Å². The van der Waals surface area contributed by atoms with Crippen LogP contribution in [0, 0.1) is 0 Å². The van der Waals surface area contributed by atoms with Gasteiger partial charge in [0.25, 0.3) is 10.0 Å². The molecule has 0 aliphatic carbocycles. The van der Waals surface area contributed by atoms with Crippen molar-refractivity contribution < 1.29 is 8.42 Å². The number of hydrogen-bond donors (Lipinski definition) is 1. The lowest BCUT2D eigenvalue weighted by Crippen LogP contribution is -2.13. The van der Waals surface area contributed by atoms with Crippen LogP contribution in [0.25, 0.3) is 10.8 Å². The molecule has 0 fully saturated rings. The molecular formula is C19H20N2O2S. The molecule has 3 rings (SSSR count). The van der Waals surface area contributed by atoms with Crippen LogP contribution in [0.4, 0.5) is 5.69 Å². The summed E-state index contributed by atoms with van der Waals surface area (Å²) < 4.78 is 27.8. The van der Waals surface area contributed by atoms with E-state index in [-0.39, 0.29) is 4.90 Å². The summed E-state index contributed by atoms with van der Waals surface area (Å²) in [5, 5.41) is 2.00. The van der Waals surface area contributed by atoms with Gasteiger partial charge in [0.05, 0.1) is 4.90 Å². The molecule has 0 radical (unpaired) electrons. The van der Waals surface area contributed by atoms with E-state index in [1.807, 2.05) is 38.4 Å². The molecule has 0 aliphatic heterocycles. The Kier molecular flexibility index (Phi) is 4.55. The highest BCUT2D eigenvalue weighted by Gasteiger charge is 2.15. The molecule has 24 heavy (non-hydrogen) atoms. The fraction of sp³-hybridized carbons (Fsp3) is 0.158. The minimum atomic E-state index is -3.60. The van der Waals surface area contributed by atoms with E-state index >= 15 is 0 Å². The summed E-state index contributed by atoms with van der Waals surface area (Å²) >= 11 is 0. The first kappa shape index (κ1) is 16.5. The summed E-state index contributed by atoms with van der Waals surface area (Å²) in [5.74, 6) is 0. The standard InChI is InChI=1S/C19H20N2O2S/c1-21(2)14-16-8-6-7-15-13-18(11-12-19(15)16)24(22,23)20-17-9-4-3-5-10-17/h3-13,20H,14H2,1-2H3. The molecule has 0 saturated carbocycles. The zero-order valence-electron chi connectivity index (χ0n) is 13.7. The maximum atomic E-state index is 12.6. The smallest absolute Gasteiger partial charge is 0.261 e. The van der Waals surface area contributed by atoms with E-state index in [0.717, 1.165) is 17.3 Å². The molecule has 0 aromatic heterocycles. The van der Waals surface area contributed by atoms with E-state index in [1.165, 1.54) is 5.56 Å². The molecule has 124 valence electrons. The lowest BCUT2D eigenvalue weighted by Gasteiger charge is -2.13. The third kappa shape index (κ3) is 3.58. The quantitative estimate of drug-likeness (QED) is 0.770. The van der Waals surface area contributed by atoms with Gasteiger partial charge >= 0.3 is 0 Å². The van der Waals surface area contributed by atoms with Crippen LogP contribution < -0.4 is 4.72 Å². The van der Waals surface area contributed by atoms with E-state index in [4.69, 9.17) is 0 Å². The molecule has 0 unspecified atom stereocenters. The number of nitrogens with one attached hydrogen (secondary N) is 1. The van der Waals surface area contributed by atoms with Crippen LogP contribution >= 0.6 is 0 Å². The predicted octanol–water partition coefficient (Wildman–Crippen LogP) is 3.70. The van der Waals surface area contributed by atoms with Gasteiger partial charge in [0.2, 0.25) is 0 Å². The second kappa shape index (κ2) is 6.63. The van der Waals surface area contributed by atoms with Crippen molar-refractivity contribution in [2.75, 3.05) is 18.8 Å². The highest BCUT2D eigenvalue weighted by atomic mass is 32.2. The van der Waals surface area contributed by atoms with Crippen LogP contribution in [0.3, 0.4) is 0 Å². The third-order valence-corrected chi connectivity index (χ3v) is 5.14. The number of anilines is 1. The lowest BCUT2D eigenvalue weighted by molar-refractivity contribution is 0.404. The molecule has 0 atom stereocenters. The summed E-state index contributed by atoms with van der Waals surface area (Å²) in [7, 11) is 0.430. The fourth-order valence-electron chi connectivity index (χ4n) is 2.69. The summed E-state index contributed by atoms with van der Waals surface area (Å²) in [6.07, 6.45) is 0. The molecule has 3 aromatic carbocycles. The maximum Gasteiger partial charge on any atom is 0.261 e. The van der Waals surface area contributed by atoms with Crippen LogP contribution in [-0.2, 0) is 16.6 Å². The Hall–Kier alpha value is -2.37. The number of benzene rings is 3. The Bertz CT molecular complexity index is 952. The number of para-hydroxylation sites is 1. The van der Waals surface area contributed by atoms with Gasteiger partial charge in [-0.25, -0.2) is 8.42 Å². The average Bonchev–Trinajstić information content (AvgIpc) is 2.55. The Balaban J connectivity index is 1.99. The van der Waals surface area contributed by atoms with Crippen LogP contribution in [0.1, 0.15) is 5.56 Å². The van der Waals surface area contributed by atoms with E-state index in [9.17, 15) is 8.42 Å². The van der Waals surface area contributed by atoms with Gasteiger partial charge in [-0.3, -0.25) is 4.72 Å². The minimum absolute atomic E-state index is 0.265. The first-order valence-corrected chi connectivity index (χ1v) is 9.18. The van der Waals surface area contributed by atoms with Crippen molar-refractivity contribution in [2.45, 2.75) is 11.4 Å². The third-order valence-electron chi connectivity index (χ3n) is 3.77. The van der Waals surface area contributed by atoms with E-state index in [1.54, 1.807) is 36.4 Å². The van der Waals surface area contributed by atoms with Gasteiger partial charge in [0.15, 0.2) is 0 Å². The first-order valence-electron chi connectivity index (χ1n) is 7.70. The Morgan fingerprint density at radius 1 is 0.917 bits per heavy atom. The molecule has 0 aliphatic rings. The van der Waals surface area contributed by atoms with Gasteiger partial charge in [-0.1, -0.05) is 42.5 Å². The van der Waals surface area contributed by atoms with Crippen molar-refractivity contribution in [1.82, 2.24) is 4.90 Å². The molecule has 4 nitrogen and oxygen atoms in total. The molecule has 1 N–H and O–H groups in total. The average molecular weight is 340 g/mol. The van der Waals surface area contributed by atoms with Crippen molar-refractivity contribution in [1.29, 1.82) is 0 Å². The highest BCUT2D eigenvalue weighted by Crippen LogP contribution is 2.24. The van der Waals surface area contributed by atoms with Gasteiger partial charge < -0.3 is 4.90 Å². The second-order valence-corrected chi connectivity index (χ2v) is 7.69. The normalized spacial score (nSPS) is 11.8. The van der Waals surface area contributed by atoms with Gasteiger partial charge in [-0.2, -0.15) is 0 Å². The number of sulfonamides is 1.